The third-order valence-corrected chi connectivity index (χ3v) is 6.65. The normalized spacial score (nSPS) is 44.3. The Morgan fingerprint density at radius 3 is 2.53 bits per heavy atom. The zero-order valence-electron chi connectivity index (χ0n) is 11.9. The van der Waals surface area contributed by atoms with E-state index in [9.17, 15) is 4.21 Å². The Morgan fingerprint density at radius 1 is 0.947 bits per heavy atom. The van der Waals surface area contributed by atoms with Crippen LogP contribution in [0.1, 0.15) is 51.4 Å². The van der Waals surface area contributed by atoms with Crippen molar-refractivity contribution in [3.05, 3.63) is 0 Å². The molecule has 0 spiro atoms. The molecule has 110 valence electrons. The minimum absolute atomic E-state index is 0.529. The molecule has 4 heteroatoms. The molecular formula is C15H28N2OS. The SMILES string of the molecule is O=S1CCC(NC2CCCC2C2CCCCN2)CC1. The van der Waals surface area contributed by atoms with Crippen molar-refractivity contribution in [1.29, 1.82) is 0 Å². The van der Waals surface area contributed by atoms with Crippen LogP contribution in [0, 0.1) is 5.92 Å². The van der Waals surface area contributed by atoms with E-state index in [1.165, 1.54) is 45.1 Å². The van der Waals surface area contributed by atoms with E-state index in [1.807, 2.05) is 0 Å². The lowest BCUT2D eigenvalue weighted by molar-refractivity contribution is 0.242. The minimum Gasteiger partial charge on any atom is -0.314 e. The molecule has 3 rings (SSSR count). The van der Waals surface area contributed by atoms with Crippen LogP contribution in [0.4, 0.5) is 0 Å². The smallest absolute Gasteiger partial charge is 0.0249 e. The van der Waals surface area contributed by atoms with Crippen molar-refractivity contribution in [2.45, 2.75) is 69.5 Å². The van der Waals surface area contributed by atoms with Crippen molar-refractivity contribution in [1.82, 2.24) is 10.6 Å². The van der Waals surface area contributed by atoms with E-state index in [0.717, 1.165) is 36.3 Å². The van der Waals surface area contributed by atoms with Gasteiger partial charge in [-0.15, -0.1) is 0 Å². The maximum absolute atomic E-state index is 11.4. The number of rotatable bonds is 3. The van der Waals surface area contributed by atoms with Gasteiger partial charge < -0.3 is 10.6 Å². The number of hydrogen-bond acceptors (Lipinski definition) is 3. The highest BCUT2D eigenvalue weighted by atomic mass is 32.2. The molecule has 2 saturated heterocycles. The Hall–Kier alpha value is 0.0700. The summed E-state index contributed by atoms with van der Waals surface area (Å²) in [4.78, 5) is 0. The van der Waals surface area contributed by atoms with E-state index >= 15 is 0 Å². The standard InChI is InChI=1S/C15H28N2OS/c18-19-10-7-12(8-11-19)17-15-6-3-4-13(15)14-5-1-2-9-16-14/h12-17H,1-11H2. The van der Waals surface area contributed by atoms with E-state index in [0.29, 0.717) is 12.1 Å². The first kappa shape index (κ1) is 14.0. The van der Waals surface area contributed by atoms with Crippen molar-refractivity contribution in [3.63, 3.8) is 0 Å². The summed E-state index contributed by atoms with van der Waals surface area (Å²) in [5.74, 6) is 2.67. The second kappa shape index (κ2) is 6.68. The van der Waals surface area contributed by atoms with Gasteiger partial charge in [0.2, 0.25) is 0 Å². The highest BCUT2D eigenvalue weighted by Gasteiger charge is 2.35. The number of hydrogen-bond donors (Lipinski definition) is 2. The fourth-order valence-electron chi connectivity index (χ4n) is 4.18. The molecule has 0 bridgehead atoms. The molecule has 3 fully saturated rings. The Labute approximate surface area is 119 Å². The maximum Gasteiger partial charge on any atom is 0.0249 e. The molecule has 0 aromatic carbocycles. The molecule has 1 saturated carbocycles. The molecule has 1 aliphatic carbocycles. The topological polar surface area (TPSA) is 41.1 Å². The van der Waals surface area contributed by atoms with Crippen LogP contribution >= 0.6 is 0 Å². The van der Waals surface area contributed by atoms with Crippen molar-refractivity contribution < 1.29 is 4.21 Å². The molecule has 19 heavy (non-hydrogen) atoms. The Bertz CT molecular complexity index is 307. The Balaban J connectivity index is 1.52. The van der Waals surface area contributed by atoms with Crippen LogP contribution in [0.25, 0.3) is 0 Å². The van der Waals surface area contributed by atoms with Crippen LogP contribution in [-0.4, -0.2) is 40.4 Å². The third-order valence-electron chi connectivity index (χ3n) is 5.27. The van der Waals surface area contributed by atoms with Crippen LogP contribution in [0.15, 0.2) is 0 Å². The monoisotopic (exact) mass is 284 g/mol. The van der Waals surface area contributed by atoms with E-state index in [1.54, 1.807) is 0 Å². The zero-order valence-corrected chi connectivity index (χ0v) is 12.7. The van der Waals surface area contributed by atoms with E-state index in [-0.39, 0.29) is 0 Å². The van der Waals surface area contributed by atoms with Gasteiger partial charge in [0.15, 0.2) is 0 Å². The van der Waals surface area contributed by atoms with Gasteiger partial charge in [-0.3, -0.25) is 4.21 Å². The van der Waals surface area contributed by atoms with E-state index < -0.39 is 10.8 Å². The first-order valence-electron chi connectivity index (χ1n) is 8.17. The second-order valence-electron chi connectivity index (χ2n) is 6.55. The summed E-state index contributed by atoms with van der Waals surface area (Å²) in [6.07, 6.45) is 10.5. The van der Waals surface area contributed by atoms with Crippen LogP contribution in [0.5, 0.6) is 0 Å². The van der Waals surface area contributed by atoms with Gasteiger partial charge in [-0.05, 0) is 51.0 Å². The van der Waals surface area contributed by atoms with Gasteiger partial charge in [0, 0.05) is 40.4 Å². The molecular weight excluding hydrogens is 256 g/mol. The molecule has 2 heterocycles. The van der Waals surface area contributed by atoms with Gasteiger partial charge in [0.05, 0.1) is 0 Å². The largest absolute Gasteiger partial charge is 0.314 e. The van der Waals surface area contributed by atoms with Crippen LogP contribution in [-0.2, 0) is 10.8 Å². The molecule has 3 atom stereocenters. The van der Waals surface area contributed by atoms with E-state index in [4.69, 9.17) is 0 Å². The van der Waals surface area contributed by atoms with Crippen molar-refractivity contribution in [2.24, 2.45) is 5.92 Å². The summed E-state index contributed by atoms with van der Waals surface area (Å²) in [5, 5.41) is 7.66. The number of piperidine rings is 1. The van der Waals surface area contributed by atoms with Gasteiger partial charge in [-0.1, -0.05) is 12.8 Å². The van der Waals surface area contributed by atoms with Gasteiger partial charge >= 0.3 is 0 Å². The summed E-state index contributed by atoms with van der Waals surface area (Å²) < 4.78 is 11.4. The summed E-state index contributed by atoms with van der Waals surface area (Å²) in [7, 11) is -0.529. The van der Waals surface area contributed by atoms with Crippen molar-refractivity contribution in [3.8, 4) is 0 Å². The lowest BCUT2D eigenvalue weighted by atomic mass is 9.88. The molecule has 2 N–H and O–H groups in total. The molecule has 3 unspecified atom stereocenters. The maximum atomic E-state index is 11.4. The molecule has 3 nitrogen and oxygen atoms in total. The van der Waals surface area contributed by atoms with Crippen LogP contribution in [0.3, 0.4) is 0 Å². The predicted octanol–water partition coefficient (Wildman–Crippen LogP) is 1.80. The van der Waals surface area contributed by atoms with Gasteiger partial charge in [0.1, 0.15) is 0 Å². The summed E-state index contributed by atoms with van der Waals surface area (Å²) in [5.41, 5.74) is 0. The van der Waals surface area contributed by atoms with Crippen LogP contribution < -0.4 is 10.6 Å². The fraction of sp³-hybridized carbons (Fsp3) is 1.00. The highest BCUT2D eigenvalue weighted by Crippen LogP contribution is 2.32. The first-order chi connectivity index (χ1) is 9.33. The van der Waals surface area contributed by atoms with Gasteiger partial charge in [-0.25, -0.2) is 0 Å². The average molecular weight is 284 g/mol. The van der Waals surface area contributed by atoms with Crippen molar-refractivity contribution >= 4 is 10.8 Å². The summed E-state index contributed by atoms with van der Waals surface area (Å²) in [6, 6.07) is 2.10. The number of nitrogens with one attached hydrogen (secondary N) is 2. The molecule has 0 aromatic heterocycles. The lowest BCUT2D eigenvalue weighted by Crippen LogP contribution is -2.50. The summed E-state index contributed by atoms with van der Waals surface area (Å²) in [6.45, 7) is 1.22. The Kier molecular flexibility index (Phi) is 4.93. The second-order valence-corrected chi connectivity index (χ2v) is 8.24. The quantitative estimate of drug-likeness (QED) is 0.830. The highest BCUT2D eigenvalue weighted by molar-refractivity contribution is 7.85. The first-order valence-corrected chi connectivity index (χ1v) is 9.66. The average Bonchev–Trinajstić information content (AvgIpc) is 2.90. The molecule has 3 aliphatic rings. The van der Waals surface area contributed by atoms with Gasteiger partial charge in [-0.2, -0.15) is 0 Å². The summed E-state index contributed by atoms with van der Waals surface area (Å²) >= 11 is 0. The molecule has 2 aliphatic heterocycles. The van der Waals surface area contributed by atoms with Crippen molar-refractivity contribution in [2.75, 3.05) is 18.1 Å². The van der Waals surface area contributed by atoms with Crippen LogP contribution in [0.2, 0.25) is 0 Å². The molecule has 0 amide bonds. The third kappa shape index (κ3) is 3.59. The molecule has 0 aromatic rings. The predicted molar refractivity (Wildman–Crippen MR) is 80.8 cm³/mol. The van der Waals surface area contributed by atoms with Gasteiger partial charge in [0.25, 0.3) is 0 Å². The lowest BCUT2D eigenvalue weighted by Gasteiger charge is -2.35. The Morgan fingerprint density at radius 2 is 1.79 bits per heavy atom. The zero-order chi connectivity index (χ0) is 13.1. The minimum atomic E-state index is -0.529. The molecule has 0 radical (unpaired) electrons. The fourth-order valence-corrected chi connectivity index (χ4v) is 5.48. The van der Waals surface area contributed by atoms with E-state index in [2.05, 4.69) is 10.6 Å².